The van der Waals surface area contributed by atoms with E-state index in [0.717, 1.165) is 14.9 Å². The highest BCUT2D eigenvalue weighted by Crippen LogP contribution is 2.20. The fourth-order valence-electron chi connectivity index (χ4n) is 2.09. The van der Waals surface area contributed by atoms with E-state index in [-0.39, 0.29) is 5.91 Å². The molecule has 0 aliphatic heterocycles. The zero-order chi connectivity index (χ0) is 15.5. The molecule has 0 aliphatic rings. The van der Waals surface area contributed by atoms with E-state index in [1.165, 1.54) is 11.3 Å². The number of benzene rings is 1. The van der Waals surface area contributed by atoms with Crippen molar-refractivity contribution in [3.8, 4) is 0 Å². The molecule has 2 heterocycles. The predicted molar refractivity (Wildman–Crippen MR) is 92.5 cm³/mol. The van der Waals surface area contributed by atoms with Gasteiger partial charge in [-0.3, -0.25) is 4.79 Å². The zero-order valence-electron chi connectivity index (χ0n) is 11.9. The molecule has 0 spiro atoms. The van der Waals surface area contributed by atoms with Crippen molar-refractivity contribution in [2.45, 2.75) is 13.5 Å². The number of carbonyl (C=O) groups is 1. The third kappa shape index (κ3) is 3.28. The number of amides is 1. The standard InChI is InChI=1S/C16H14BrN3OS/c1-11-6-7-14(22-11)16(21)19-15-8-9-18-20(15)10-12-4-2-3-5-13(12)17/h2-9H,10H2,1H3,(H,19,21). The SMILES string of the molecule is Cc1ccc(C(=O)Nc2ccnn2Cc2ccccc2Br)s1. The van der Waals surface area contributed by atoms with Crippen molar-refractivity contribution in [2.75, 3.05) is 5.32 Å². The first-order valence-corrected chi connectivity index (χ1v) is 8.37. The van der Waals surface area contributed by atoms with E-state index in [0.29, 0.717) is 17.2 Å². The van der Waals surface area contributed by atoms with Crippen molar-refractivity contribution < 1.29 is 4.79 Å². The van der Waals surface area contributed by atoms with Gasteiger partial charge in [0.25, 0.3) is 5.91 Å². The maximum atomic E-state index is 12.2. The lowest BCUT2D eigenvalue weighted by molar-refractivity contribution is 0.102. The van der Waals surface area contributed by atoms with Gasteiger partial charge in [-0.1, -0.05) is 34.1 Å². The Balaban J connectivity index is 1.78. The minimum Gasteiger partial charge on any atom is -0.306 e. The number of rotatable bonds is 4. The second-order valence-electron chi connectivity index (χ2n) is 4.83. The van der Waals surface area contributed by atoms with Crippen LogP contribution >= 0.6 is 27.3 Å². The summed E-state index contributed by atoms with van der Waals surface area (Å²) in [5, 5.41) is 7.21. The van der Waals surface area contributed by atoms with E-state index in [9.17, 15) is 4.79 Å². The molecule has 0 bridgehead atoms. The minimum absolute atomic E-state index is 0.105. The van der Waals surface area contributed by atoms with Crippen LogP contribution in [0.1, 0.15) is 20.1 Å². The topological polar surface area (TPSA) is 46.9 Å². The van der Waals surface area contributed by atoms with E-state index in [1.54, 1.807) is 16.9 Å². The molecule has 3 aromatic rings. The van der Waals surface area contributed by atoms with Crippen molar-refractivity contribution in [2.24, 2.45) is 0 Å². The molecule has 0 radical (unpaired) electrons. The summed E-state index contributed by atoms with van der Waals surface area (Å²) < 4.78 is 2.80. The average molecular weight is 376 g/mol. The average Bonchev–Trinajstić information content (AvgIpc) is 3.11. The Kier molecular flexibility index (Phi) is 4.40. The number of hydrogen-bond donors (Lipinski definition) is 1. The molecule has 4 nitrogen and oxygen atoms in total. The molecule has 2 aromatic heterocycles. The number of carbonyl (C=O) groups excluding carboxylic acids is 1. The summed E-state index contributed by atoms with van der Waals surface area (Å²) in [5.74, 6) is 0.582. The summed E-state index contributed by atoms with van der Waals surface area (Å²) in [4.78, 5) is 14.1. The van der Waals surface area contributed by atoms with Crippen LogP contribution in [0.5, 0.6) is 0 Å². The van der Waals surface area contributed by atoms with E-state index >= 15 is 0 Å². The lowest BCUT2D eigenvalue weighted by atomic mass is 10.2. The Bertz CT molecular complexity index is 809. The van der Waals surface area contributed by atoms with Crippen molar-refractivity contribution in [1.82, 2.24) is 9.78 Å². The van der Waals surface area contributed by atoms with E-state index in [1.807, 2.05) is 43.3 Å². The number of nitrogens with zero attached hydrogens (tertiary/aromatic N) is 2. The molecular formula is C16H14BrN3OS. The summed E-state index contributed by atoms with van der Waals surface area (Å²) in [6.45, 7) is 2.58. The van der Waals surface area contributed by atoms with Gasteiger partial charge in [0.2, 0.25) is 0 Å². The van der Waals surface area contributed by atoms with Crippen molar-refractivity contribution >= 4 is 39.0 Å². The number of halogens is 1. The molecule has 22 heavy (non-hydrogen) atoms. The van der Waals surface area contributed by atoms with Gasteiger partial charge in [-0.05, 0) is 30.7 Å². The third-order valence-corrected chi connectivity index (χ3v) is 4.97. The van der Waals surface area contributed by atoms with Crippen LogP contribution in [-0.4, -0.2) is 15.7 Å². The highest BCUT2D eigenvalue weighted by Gasteiger charge is 2.12. The summed E-state index contributed by atoms with van der Waals surface area (Å²) >= 11 is 5.01. The summed E-state index contributed by atoms with van der Waals surface area (Å²) in [5.41, 5.74) is 1.11. The van der Waals surface area contributed by atoms with Crippen LogP contribution in [0.25, 0.3) is 0 Å². The van der Waals surface area contributed by atoms with E-state index < -0.39 is 0 Å². The van der Waals surface area contributed by atoms with Crippen molar-refractivity contribution in [1.29, 1.82) is 0 Å². The van der Waals surface area contributed by atoms with Gasteiger partial charge in [-0.25, -0.2) is 4.68 Å². The molecule has 0 unspecified atom stereocenters. The molecular weight excluding hydrogens is 362 g/mol. The molecule has 1 aromatic carbocycles. The minimum atomic E-state index is -0.105. The first kappa shape index (κ1) is 15.0. The summed E-state index contributed by atoms with van der Waals surface area (Å²) in [6.07, 6.45) is 1.69. The van der Waals surface area contributed by atoms with Gasteiger partial charge in [0.15, 0.2) is 0 Å². The molecule has 0 aliphatic carbocycles. The highest BCUT2D eigenvalue weighted by atomic mass is 79.9. The van der Waals surface area contributed by atoms with Gasteiger partial charge >= 0.3 is 0 Å². The Morgan fingerprint density at radius 3 is 2.82 bits per heavy atom. The molecule has 112 valence electrons. The lowest BCUT2D eigenvalue weighted by Crippen LogP contribution is -2.15. The highest BCUT2D eigenvalue weighted by molar-refractivity contribution is 9.10. The van der Waals surface area contributed by atoms with Crippen LogP contribution in [0, 0.1) is 6.92 Å². The van der Waals surface area contributed by atoms with Gasteiger partial charge in [0, 0.05) is 15.4 Å². The quantitative estimate of drug-likeness (QED) is 0.737. The Hall–Kier alpha value is -1.92. The van der Waals surface area contributed by atoms with Gasteiger partial charge < -0.3 is 5.32 Å². The molecule has 1 N–H and O–H groups in total. The molecule has 0 saturated heterocycles. The van der Waals surface area contributed by atoms with Crippen molar-refractivity contribution in [3.63, 3.8) is 0 Å². The second-order valence-corrected chi connectivity index (χ2v) is 6.97. The Morgan fingerprint density at radius 1 is 1.27 bits per heavy atom. The summed E-state index contributed by atoms with van der Waals surface area (Å²) in [6, 6.07) is 13.6. The molecule has 1 amide bonds. The summed E-state index contributed by atoms with van der Waals surface area (Å²) in [7, 11) is 0. The number of hydrogen-bond acceptors (Lipinski definition) is 3. The third-order valence-electron chi connectivity index (χ3n) is 3.20. The van der Waals surface area contributed by atoms with Crippen LogP contribution in [0.4, 0.5) is 5.82 Å². The zero-order valence-corrected chi connectivity index (χ0v) is 14.3. The van der Waals surface area contributed by atoms with Crippen LogP contribution in [-0.2, 0) is 6.54 Å². The van der Waals surface area contributed by atoms with E-state index in [2.05, 4.69) is 26.3 Å². The number of thiophene rings is 1. The normalized spacial score (nSPS) is 10.6. The van der Waals surface area contributed by atoms with Crippen LogP contribution in [0.3, 0.4) is 0 Å². The fourth-order valence-corrected chi connectivity index (χ4v) is 3.26. The van der Waals surface area contributed by atoms with Crippen LogP contribution < -0.4 is 5.32 Å². The molecule has 3 rings (SSSR count). The van der Waals surface area contributed by atoms with Gasteiger partial charge in [-0.2, -0.15) is 5.10 Å². The number of aromatic nitrogens is 2. The van der Waals surface area contributed by atoms with Gasteiger partial charge in [-0.15, -0.1) is 11.3 Å². The predicted octanol–water partition coefficient (Wildman–Crippen LogP) is 4.32. The van der Waals surface area contributed by atoms with Gasteiger partial charge in [0.1, 0.15) is 5.82 Å². The van der Waals surface area contributed by atoms with Gasteiger partial charge in [0.05, 0.1) is 17.6 Å². The Morgan fingerprint density at radius 2 is 2.09 bits per heavy atom. The molecule has 0 atom stereocenters. The maximum absolute atomic E-state index is 12.2. The lowest BCUT2D eigenvalue weighted by Gasteiger charge is -2.09. The molecule has 0 fully saturated rings. The smallest absolute Gasteiger partial charge is 0.266 e. The molecule has 6 heteroatoms. The fraction of sp³-hybridized carbons (Fsp3) is 0.125. The first-order valence-electron chi connectivity index (χ1n) is 6.76. The number of aryl methyl sites for hydroxylation is 1. The van der Waals surface area contributed by atoms with Crippen molar-refractivity contribution in [3.05, 3.63) is 68.5 Å². The molecule has 0 saturated carbocycles. The Labute approximate surface area is 140 Å². The second kappa shape index (κ2) is 6.46. The van der Waals surface area contributed by atoms with Crippen LogP contribution in [0.2, 0.25) is 0 Å². The first-order chi connectivity index (χ1) is 10.6. The number of anilines is 1. The van der Waals surface area contributed by atoms with Crippen LogP contribution in [0.15, 0.2) is 53.1 Å². The number of nitrogens with one attached hydrogen (secondary N) is 1. The largest absolute Gasteiger partial charge is 0.306 e. The maximum Gasteiger partial charge on any atom is 0.266 e. The monoisotopic (exact) mass is 375 g/mol. The van der Waals surface area contributed by atoms with E-state index in [4.69, 9.17) is 0 Å².